The number of nitrogens with two attached hydrogens (primary N) is 1. The smallest absolute Gasteiger partial charge is 0.326 e. The lowest BCUT2D eigenvalue weighted by Crippen LogP contribution is -2.51. The normalized spacial score (nSPS) is 28.1. The molecular formula is C9H14N2O6. The van der Waals surface area contributed by atoms with E-state index < -0.39 is 29.4 Å². The fourth-order valence-electron chi connectivity index (χ4n) is 1.78. The molecular weight excluding hydrogens is 232 g/mol. The molecule has 4 N–H and O–H groups in total. The van der Waals surface area contributed by atoms with Crippen LogP contribution >= 0.6 is 0 Å². The number of hydrogen-bond donors (Lipinski definition) is 3. The minimum atomic E-state index is -1.72. The molecule has 0 aromatic rings. The van der Waals surface area contributed by atoms with E-state index >= 15 is 0 Å². The first kappa shape index (κ1) is 13.4. The van der Waals surface area contributed by atoms with Crippen LogP contribution in [-0.2, 0) is 19.1 Å². The van der Waals surface area contributed by atoms with E-state index in [-0.39, 0.29) is 19.6 Å². The summed E-state index contributed by atoms with van der Waals surface area (Å²) in [5, 5.41) is 17.8. The zero-order valence-electron chi connectivity index (χ0n) is 9.25. The molecule has 1 amide bonds. The highest BCUT2D eigenvalue weighted by Crippen LogP contribution is 2.26. The van der Waals surface area contributed by atoms with Crippen LogP contribution in [-0.4, -0.2) is 64.8 Å². The topological polar surface area (TPSA) is 130 Å². The fraction of sp³-hybridized carbons (Fsp3) is 0.667. The van der Waals surface area contributed by atoms with E-state index in [1.165, 1.54) is 7.11 Å². The summed E-state index contributed by atoms with van der Waals surface area (Å²) in [5.74, 6) is -3.19. The van der Waals surface area contributed by atoms with Crippen molar-refractivity contribution in [2.24, 2.45) is 5.73 Å². The molecule has 0 aromatic heterocycles. The lowest BCUT2D eigenvalue weighted by Gasteiger charge is -2.21. The molecule has 96 valence electrons. The Bertz CT molecular complexity index is 357. The van der Waals surface area contributed by atoms with Crippen molar-refractivity contribution in [2.75, 3.05) is 20.3 Å². The van der Waals surface area contributed by atoms with E-state index in [0.717, 1.165) is 4.90 Å². The Morgan fingerprint density at radius 2 is 2.06 bits per heavy atom. The van der Waals surface area contributed by atoms with E-state index in [0.29, 0.717) is 0 Å². The number of aliphatic carboxylic acids is 2. The number of likely N-dealkylation sites (tertiary alicyclic amines) is 1. The molecule has 1 saturated heterocycles. The van der Waals surface area contributed by atoms with Gasteiger partial charge in [0.05, 0.1) is 6.54 Å². The molecule has 1 rings (SSSR count). The number of carbonyl (C=O) groups excluding carboxylic acids is 1. The van der Waals surface area contributed by atoms with Crippen LogP contribution in [0.4, 0.5) is 0 Å². The Balaban J connectivity index is 2.92. The van der Waals surface area contributed by atoms with Gasteiger partial charge in [-0.2, -0.15) is 0 Å². The van der Waals surface area contributed by atoms with Gasteiger partial charge in [0.25, 0.3) is 0 Å². The number of carboxylic acids is 2. The highest BCUT2D eigenvalue weighted by molar-refractivity contribution is 5.89. The SMILES string of the molecule is COCC(=O)N1C[C@@](N)(C(=O)O)C[C@@H]1C(=O)O. The van der Waals surface area contributed by atoms with Crippen molar-refractivity contribution in [1.82, 2.24) is 4.90 Å². The maximum atomic E-state index is 11.6. The molecule has 2 atom stereocenters. The van der Waals surface area contributed by atoms with E-state index in [1.54, 1.807) is 0 Å². The van der Waals surface area contributed by atoms with Crippen molar-refractivity contribution in [2.45, 2.75) is 18.0 Å². The molecule has 0 radical (unpaired) electrons. The summed E-state index contributed by atoms with van der Waals surface area (Å²) in [6, 6.07) is -1.22. The van der Waals surface area contributed by atoms with Crippen LogP contribution in [0.15, 0.2) is 0 Å². The van der Waals surface area contributed by atoms with Crippen molar-refractivity contribution in [1.29, 1.82) is 0 Å². The number of carbonyl (C=O) groups is 3. The van der Waals surface area contributed by atoms with Crippen molar-refractivity contribution in [3.63, 3.8) is 0 Å². The van der Waals surface area contributed by atoms with Crippen LogP contribution < -0.4 is 5.73 Å². The van der Waals surface area contributed by atoms with Crippen LogP contribution in [0.5, 0.6) is 0 Å². The summed E-state index contributed by atoms with van der Waals surface area (Å²) < 4.78 is 4.60. The molecule has 0 unspecified atom stereocenters. The van der Waals surface area contributed by atoms with Crippen LogP contribution in [0.25, 0.3) is 0 Å². The molecule has 0 aromatic carbocycles. The monoisotopic (exact) mass is 246 g/mol. The van der Waals surface area contributed by atoms with Crippen LogP contribution in [0.1, 0.15) is 6.42 Å². The van der Waals surface area contributed by atoms with E-state index in [9.17, 15) is 14.4 Å². The largest absolute Gasteiger partial charge is 0.480 e. The predicted molar refractivity (Wildman–Crippen MR) is 54.2 cm³/mol. The molecule has 0 bridgehead atoms. The molecule has 8 nitrogen and oxygen atoms in total. The average Bonchev–Trinajstić information content (AvgIpc) is 2.58. The lowest BCUT2D eigenvalue weighted by atomic mass is 9.98. The van der Waals surface area contributed by atoms with Gasteiger partial charge in [-0.15, -0.1) is 0 Å². The summed E-state index contributed by atoms with van der Waals surface area (Å²) in [6.45, 7) is -0.638. The lowest BCUT2D eigenvalue weighted by molar-refractivity contribution is -0.149. The number of ether oxygens (including phenoxy) is 1. The molecule has 1 aliphatic rings. The fourth-order valence-corrected chi connectivity index (χ4v) is 1.78. The maximum Gasteiger partial charge on any atom is 0.326 e. The Kier molecular flexibility index (Phi) is 3.69. The molecule has 8 heteroatoms. The highest BCUT2D eigenvalue weighted by Gasteiger charge is 2.51. The third kappa shape index (κ3) is 2.53. The maximum absolute atomic E-state index is 11.6. The summed E-state index contributed by atoms with van der Waals surface area (Å²) in [5.41, 5.74) is 3.84. The van der Waals surface area contributed by atoms with Gasteiger partial charge in [-0.05, 0) is 0 Å². The van der Waals surface area contributed by atoms with Crippen LogP contribution in [0.2, 0.25) is 0 Å². The van der Waals surface area contributed by atoms with Gasteiger partial charge < -0.3 is 25.6 Å². The first-order valence-electron chi connectivity index (χ1n) is 4.85. The third-order valence-corrected chi connectivity index (χ3v) is 2.69. The van der Waals surface area contributed by atoms with Crippen LogP contribution in [0, 0.1) is 0 Å². The minimum absolute atomic E-state index is 0.306. The molecule has 17 heavy (non-hydrogen) atoms. The van der Waals surface area contributed by atoms with Crippen molar-refractivity contribution >= 4 is 17.8 Å². The number of carboxylic acid groups (broad SMARTS) is 2. The summed E-state index contributed by atoms with van der Waals surface area (Å²) in [6.07, 6.45) is -0.312. The number of nitrogens with zero attached hydrogens (tertiary/aromatic N) is 1. The third-order valence-electron chi connectivity index (χ3n) is 2.69. The Morgan fingerprint density at radius 1 is 1.47 bits per heavy atom. The highest BCUT2D eigenvalue weighted by atomic mass is 16.5. The van der Waals surface area contributed by atoms with E-state index in [1.807, 2.05) is 0 Å². The van der Waals surface area contributed by atoms with E-state index in [4.69, 9.17) is 15.9 Å². The standard InChI is InChI=1S/C9H14N2O6/c1-17-3-6(12)11-4-9(10,8(15)16)2-5(11)7(13)14/h5H,2-4,10H2,1H3,(H,13,14)(H,15,16)/t5-,9-/m1/s1. The summed E-state index contributed by atoms with van der Waals surface area (Å²) in [7, 11) is 1.29. The zero-order chi connectivity index (χ0) is 13.2. The first-order valence-corrected chi connectivity index (χ1v) is 4.85. The quantitative estimate of drug-likeness (QED) is 0.528. The van der Waals surface area contributed by atoms with Crippen molar-refractivity contribution in [3.8, 4) is 0 Å². The first-order chi connectivity index (χ1) is 7.81. The minimum Gasteiger partial charge on any atom is -0.480 e. The van der Waals surface area contributed by atoms with Crippen LogP contribution in [0.3, 0.4) is 0 Å². The van der Waals surface area contributed by atoms with Gasteiger partial charge in [0.1, 0.15) is 18.2 Å². The second kappa shape index (κ2) is 4.68. The van der Waals surface area contributed by atoms with Gasteiger partial charge in [-0.1, -0.05) is 0 Å². The summed E-state index contributed by atoms with van der Waals surface area (Å²) in [4.78, 5) is 34.4. The zero-order valence-corrected chi connectivity index (χ0v) is 9.25. The van der Waals surface area contributed by atoms with Crippen molar-refractivity contribution < 1.29 is 29.3 Å². The molecule has 1 aliphatic heterocycles. The number of rotatable bonds is 4. The molecule has 0 saturated carbocycles. The predicted octanol–water partition coefficient (Wildman–Crippen LogP) is -1.90. The van der Waals surface area contributed by atoms with Gasteiger partial charge >= 0.3 is 11.9 Å². The van der Waals surface area contributed by atoms with Crippen molar-refractivity contribution in [3.05, 3.63) is 0 Å². The molecule has 0 aliphatic carbocycles. The van der Waals surface area contributed by atoms with Gasteiger partial charge in [0, 0.05) is 13.5 Å². The van der Waals surface area contributed by atoms with Gasteiger partial charge in [0.15, 0.2) is 0 Å². The Labute approximate surface area is 96.9 Å². The van der Waals surface area contributed by atoms with Gasteiger partial charge in [0.2, 0.25) is 5.91 Å². The number of methoxy groups -OCH3 is 1. The van der Waals surface area contributed by atoms with E-state index in [2.05, 4.69) is 4.74 Å². The summed E-state index contributed by atoms with van der Waals surface area (Å²) >= 11 is 0. The number of amides is 1. The van der Waals surface area contributed by atoms with Gasteiger partial charge in [-0.3, -0.25) is 9.59 Å². The molecule has 0 spiro atoms. The molecule has 1 heterocycles. The number of hydrogen-bond acceptors (Lipinski definition) is 5. The Morgan fingerprint density at radius 3 is 2.47 bits per heavy atom. The Hall–Kier alpha value is -1.67. The molecule has 1 fully saturated rings. The average molecular weight is 246 g/mol. The second-order valence-corrected chi connectivity index (χ2v) is 3.97. The van der Waals surface area contributed by atoms with Gasteiger partial charge in [-0.25, -0.2) is 4.79 Å². The second-order valence-electron chi connectivity index (χ2n) is 3.97.